The molecule has 30 heavy (non-hydrogen) atoms. The van der Waals surface area contributed by atoms with Gasteiger partial charge < -0.3 is 9.47 Å². The Morgan fingerprint density at radius 2 is 1.60 bits per heavy atom. The predicted molar refractivity (Wildman–Crippen MR) is 115 cm³/mol. The third kappa shape index (κ3) is 4.60. The zero-order valence-electron chi connectivity index (χ0n) is 17.8. The molecule has 1 saturated heterocycles. The van der Waals surface area contributed by atoms with Gasteiger partial charge in [-0.1, -0.05) is 56.9 Å². The van der Waals surface area contributed by atoms with E-state index in [1.807, 2.05) is 6.08 Å². The quantitative estimate of drug-likeness (QED) is 0.517. The molecular weight excluding hydrogens is 382 g/mol. The molecule has 1 aliphatic heterocycles. The van der Waals surface area contributed by atoms with Crippen LogP contribution < -0.4 is 0 Å². The molecule has 3 aliphatic rings. The summed E-state index contributed by atoms with van der Waals surface area (Å²) in [6.45, 7) is 3.46. The van der Waals surface area contributed by atoms with Gasteiger partial charge in [-0.2, -0.15) is 0 Å². The standard InChI is InChI=1S/C26H32F2O2/c1-2-4-19-7-9-20(10-8-19)21-17-29-26(30-18-21,23-12-15-25(28)16-13-23)22-5-3-6-24(27)14-11-22/h5-6,11-16,19-21H,2-4,7-10,17-18H2,1H3. The summed E-state index contributed by atoms with van der Waals surface area (Å²) in [5.41, 5.74) is 1.51. The Labute approximate surface area is 178 Å². The minimum absolute atomic E-state index is 0.270. The summed E-state index contributed by atoms with van der Waals surface area (Å²) < 4.78 is 40.2. The van der Waals surface area contributed by atoms with E-state index in [2.05, 4.69) is 6.92 Å². The van der Waals surface area contributed by atoms with E-state index in [0.717, 1.165) is 17.1 Å². The van der Waals surface area contributed by atoms with Gasteiger partial charge in [0.05, 0.1) is 13.2 Å². The first-order valence-electron chi connectivity index (χ1n) is 11.4. The second kappa shape index (κ2) is 9.57. The summed E-state index contributed by atoms with van der Waals surface area (Å²) in [6.07, 6.45) is 14.8. The van der Waals surface area contributed by atoms with Crippen molar-refractivity contribution < 1.29 is 18.3 Å². The summed E-state index contributed by atoms with van der Waals surface area (Å²) in [7, 11) is 0. The topological polar surface area (TPSA) is 18.5 Å². The molecule has 4 rings (SSSR count). The predicted octanol–water partition coefficient (Wildman–Crippen LogP) is 6.99. The average molecular weight is 415 g/mol. The van der Waals surface area contributed by atoms with Gasteiger partial charge in [0.25, 0.3) is 0 Å². The third-order valence-corrected chi connectivity index (χ3v) is 6.93. The molecule has 162 valence electrons. The molecule has 1 aromatic rings. The summed E-state index contributed by atoms with van der Waals surface area (Å²) in [6, 6.07) is 6.25. The minimum Gasteiger partial charge on any atom is -0.342 e. The molecular formula is C26H32F2O2. The van der Waals surface area contributed by atoms with Crippen LogP contribution >= 0.6 is 0 Å². The molecule has 0 bridgehead atoms. The summed E-state index contributed by atoms with van der Waals surface area (Å²) in [5.74, 6) is 0.183. The second-order valence-corrected chi connectivity index (χ2v) is 8.89. The van der Waals surface area contributed by atoms with Gasteiger partial charge in [0.2, 0.25) is 5.79 Å². The molecule has 0 aromatic heterocycles. The van der Waals surface area contributed by atoms with Crippen molar-refractivity contribution in [3.63, 3.8) is 0 Å². The van der Waals surface area contributed by atoms with Gasteiger partial charge in [0, 0.05) is 17.1 Å². The van der Waals surface area contributed by atoms with Crippen LogP contribution in [0.25, 0.3) is 0 Å². The average Bonchev–Trinajstić information content (AvgIpc) is 3.00. The molecule has 1 heterocycles. The van der Waals surface area contributed by atoms with E-state index in [1.165, 1.54) is 62.8 Å². The van der Waals surface area contributed by atoms with E-state index in [0.29, 0.717) is 31.5 Å². The first-order chi connectivity index (χ1) is 14.6. The van der Waals surface area contributed by atoms with Crippen LogP contribution in [0.4, 0.5) is 8.78 Å². The molecule has 0 radical (unpaired) electrons. The van der Waals surface area contributed by atoms with Gasteiger partial charge in [-0.15, -0.1) is 0 Å². The molecule has 4 heteroatoms. The summed E-state index contributed by atoms with van der Waals surface area (Å²) in [4.78, 5) is 0. The van der Waals surface area contributed by atoms with Crippen LogP contribution in [-0.4, -0.2) is 13.2 Å². The molecule has 0 N–H and O–H groups in total. The van der Waals surface area contributed by atoms with Crippen molar-refractivity contribution in [2.24, 2.45) is 17.8 Å². The highest BCUT2D eigenvalue weighted by Gasteiger charge is 2.44. The number of benzene rings is 1. The molecule has 2 fully saturated rings. The first-order valence-corrected chi connectivity index (χ1v) is 11.4. The molecule has 0 amide bonds. The highest BCUT2D eigenvalue weighted by atomic mass is 19.1. The van der Waals surface area contributed by atoms with Gasteiger partial charge in [-0.05, 0) is 55.4 Å². The number of allylic oxidation sites excluding steroid dienone is 4. The van der Waals surface area contributed by atoms with Crippen molar-refractivity contribution in [1.29, 1.82) is 0 Å². The number of hydrogen-bond donors (Lipinski definition) is 0. The Hall–Kier alpha value is -1.78. The van der Waals surface area contributed by atoms with Crippen molar-refractivity contribution >= 4 is 0 Å². The highest BCUT2D eigenvalue weighted by Crippen LogP contribution is 2.44. The van der Waals surface area contributed by atoms with E-state index >= 15 is 0 Å². The summed E-state index contributed by atoms with van der Waals surface area (Å²) in [5, 5.41) is 0. The SMILES string of the molecule is CCCC1CCC(C2COC(C3=CCC=C(F)C=C3)(c3ccc(F)cc3)OC2)CC1. The fourth-order valence-electron chi connectivity index (χ4n) is 5.18. The van der Waals surface area contributed by atoms with Crippen LogP contribution in [0.3, 0.4) is 0 Å². The van der Waals surface area contributed by atoms with Gasteiger partial charge >= 0.3 is 0 Å². The Morgan fingerprint density at radius 1 is 0.900 bits per heavy atom. The van der Waals surface area contributed by atoms with Crippen molar-refractivity contribution in [2.45, 2.75) is 57.7 Å². The van der Waals surface area contributed by atoms with Crippen LogP contribution in [0.15, 0.2) is 60.0 Å². The molecule has 1 saturated carbocycles. The van der Waals surface area contributed by atoms with E-state index in [9.17, 15) is 8.78 Å². The zero-order valence-corrected chi connectivity index (χ0v) is 17.8. The Morgan fingerprint density at radius 3 is 2.27 bits per heavy atom. The molecule has 0 spiro atoms. The smallest absolute Gasteiger partial charge is 0.222 e. The van der Waals surface area contributed by atoms with Crippen molar-refractivity contribution in [2.75, 3.05) is 13.2 Å². The third-order valence-electron chi connectivity index (χ3n) is 6.93. The first kappa shape index (κ1) is 21.5. The molecule has 2 nitrogen and oxygen atoms in total. The lowest BCUT2D eigenvalue weighted by molar-refractivity contribution is -0.274. The van der Waals surface area contributed by atoms with Crippen LogP contribution in [0, 0.1) is 23.6 Å². The Bertz CT molecular complexity index is 793. The van der Waals surface area contributed by atoms with Gasteiger partial charge in [0.1, 0.15) is 11.6 Å². The van der Waals surface area contributed by atoms with Crippen molar-refractivity contribution in [3.8, 4) is 0 Å². The Kier molecular flexibility index (Phi) is 6.84. The van der Waals surface area contributed by atoms with Gasteiger partial charge in [0.15, 0.2) is 0 Å². The lowest BCUT2D eigenvalue weighted by Gasteiger charge is -2.44. The molecule has 2 aliphatic carbocycles. The Balaban J connectivity index is 1.51. The monoisotopic (exact) mass is 414 g/mol. The van der Waals surface area contributed by atoms with Gasteiger partial charge in [-0.25, -0.2) is 8.78 Å². The lowest BCUT2D eigenvalue weighted by Crippen LogP contribution is -2.45. The largest absolute Gasteiger partial charge is 0.342 e. The number of rotatable bonds is 5. The van der Waals surface area contributed by atoms with Crippen LogP contribution in [0.1, 0.15) is 57.4 Å². The zero-order chi connectivity index (χ0) is 21.0. The number of hydrogen-bond acceptors (Lipinski definition) is 2. The summed E-state index contributed by atoms with van der Waals surface area (Å²) >= 11 is 0. The maximum absolute atomic E-state index is 13.8. The van der Waals surface area contributed by atoms with Gasteiger partial charge in [-0.3, -0.25) is 0 Å². The molecule has 0 unspecified atom stereocenters. The highest BCUT2D eigenvalue weighted by molar-refractivity contribution is 5.40. The van der Waals surface area contributed by atoms with Crippen molar-refractivity contribution in [1.82, 2.24) is 0 Å². The lowest BCUT2D eigenvalue weighted by atomic mass is 9.74. The second-order valence-electron chi connectivity index (χ2n) is 8.89. The molecule has 0 atom stereocenters. The minimum atomic E-state index is -1.11. The fourth-order valence-corrected chi connectivity index (χ4v) is 5.18. The van der Waals surface area contributed by atoms with E-state index in [1.54, 1.807) is 18.2 Å². The number of ether oxygens (including phenoxy) is 2. The fraction of sp³-hybridized carbons (Fsp3) is 0.538. The normalized spacial score (nSPS) is 32.3. The van der Waals surface area contributed by atoms with Crippen molar-refractivity contribution in [3.05, 3.63) is 71.4 Å². The van der Waals surface area contributed by atoms with E-state index in [4.69, 9.17) is 9.47 Å². The van der Waals surface area contributed by atoms with E-state index in [-0.39, 0.29) is 11.6 Å². The molecule has 1 aromatic carbocycles. The van der Waals surface area contributed by atoms with Crippen LogP contribution in [0.5, 0.6) is 0 Å². The number of halogens is 2. The maximum atomic E-state index is 13.8. The van der Waals surface area contributed by atoms with Crippen LogP contribution in [0.2, 0.25) is 0 Å². The maximum Gasteiger partial charge on any atom is 0.222 e. The van der Waals surface area contributed by atoms with Crippen LogP contribution in [-0.2, 0) is 15.3 Å². The van der Waals surface area contributed by atoms with E-state index < -0.39 is 5.79 Å².